The standard InChI is InChI=1S/C18H19N3O2S/c1-12-3-6-15(7-4-12)21-11-13(9-17(21)22)18(23)20-14-5-8-16(24-2)19-10-14/h3-8,10,13H,9,11H2,1-2H3,(H,20,23). The van der Waals surface area contributed by atoms with Gasteiger partial charge in [-0.2, -0.15) is 0 Å². The number of carbonyl (C=O) groups is 2. The Balaban J connectivity index is 1.66. The fraction of sp³-hybridized carbons (Fsp3) is 0.278. The number of aryl methyl sites for hydroxylation is 1. The van der Waals surface area contributed by atoms with Crippen LogP contribution in [0.1, 0.15) is 12.0 Å². The highest BCUT2D eigenvalue weighted by Crippen LogP contribution is 2.26. The van der Waals surface area contributed by atoms with Crippen molar-refractivity contribution in [3.63, 3.8) is 0 Å². The summed E-state index contributed by atoms with van der Waals surface area (Å²) in [4.78, 5) is 30.6. The zero-order chi connectivity index (χ0) is 17.1. The van der Waals surface area contributed by atoms with Crippen molar-refractivity contribution in [2.75, 3.05) is 23.0 Å². The van der Waals surface area contributed by atoms with Gasteiger partial charge in [0.25, 0.3) is 0 Å². The third-order valence-corrected chi connectivity index (χ3v) is 4.71. The Labute approximate surface area is 145 Å². The summed E-state index contributed by atoms with van der Waals surface area (Å²) in [6.07, 6.45) is 3.82. The summed E-state index contributed by atoms with van der Waals surface area (Å²) < 4.78 is 0. The number of thioether (sulfide) groups is 1. The number of carbonyl (C=O) groups excluding carboxylic acids is 2. The van der Waals surface area contributed by atoms with E-state index in [4.69, 9.17) is 0 Å². The summed E-state index contributed by atoms with van der Waals surface area (Å²) in [5, 5.41) is 3.75. The van der Waals surface area contributed by atoms with Crippen LogP contribution in [0.15, 0.2) is 47.6 Å². The molecule has 1 N–H and O–H groups in total. The van der Waals surface area contributed by atoms with Crippen LogP contribution in [0.5, 0.6) is 0 Å². The van der Waals surface area contributed by atoms with Crippen molar-refractivity contribution in [3.05, 3.63) is 48.2 Å². The maximum atomic E-state index is 12.4. The zero-order valence-electron chi connectivity index (χ0n) is 13.7. The van der Waals surface area contributed by atoms with E-state index in [1.54, 1.807) is 22.9 Å². The molecule has 1 aliphatic heterocycles. The molecule has 0 radical (unpaired) electrons. The molecule has 24 heavy (non-hydrogen) atoms. The minimum Gasteiger partial charge on any atom is -0.324 e. The number of nitrogens with one attached hydrogen (secondary N) is 1. The van der Waals surface area contributed by atoms with Gasteiger partial charge in [0.2, 0.25) is 11.8 Å². The molecule has 124 valence electrons. The van der Waals surface area contributed by atoms with E-state index >= 15 is 0 Å². The van der Waals surface area contributed by atoms with Crippen molar-refractivity contribution >= 4 is 35.0 Å². The first kappa shape index (κ1) is 16.5. The number of rotatable bonds is 4. The van der Waals surface area contributed by atoms with Crippen LogP contribution in [-0.2, 0) is 9.59 Å². The van der Waals surface area contributed by atoms with E-state index in [9.17, 15) is 9.59 Å². The molecule has 1 unspecified atom stereocenters. The second kappa shape index (κ2) is 7.05. The largest absolute Gasteiger partial charge is 0.324 e. The van der Waals surface area contributed by atoms with Crippen molar-refractivity contribution < 1.29 is 9.59 Å². The van der Waals surface area contributed by atoms with Gasteiger partial charge in [0.1, 0.15) is 0 Å². The van der Waals surface area contributed by atoms with Crippen LogP contribution in [0.4, 0.5) is 11.4 Å². The molecule has 1 atom stereocenters. The second-order valence-corrected chi connectivity index (χ2v) is 6.65. The van der Waals surface area contributed by atoms with E-state index in [1.807, 2.05) is 49.6 Å². The molecule has 2 aromatic rings. The summed E-state index contributed by atoms with van der Waals surface area (Å²) in [6, 6.07) is 11.4. The quantitative estimate of drug-likeness (QED) is 0.868. The highest BCUT2D eigenvalue weighted by molar-refractivity contribution is 7.98. The third kappa shape index (κ3) is 3.59. The maximum absolute atomic E-state index is 12.4. The van der Waals surface area contributed by atoms with Crippen LogP contribution in [-0.4, -0.2) is 29.6 Å². The second-order valence-electron chi connectivity index (χ2n) is 5.82. The van der Waals surface area contributed by atoms with Gasteiger partial charge in [0.05, 0.1) is 22.8 Å². The molecule has 5 nitrogen and oxygen atoms in total. The number of anilines is 2. The van der Waals surface area contributed by atoms with Crippen LogP contribution in [0, 0.1) is 12.8 Å². The predicted molar refractivity (Wildman–Crippen MR) is 96.3 cm³/mol. The number of hydrogen-bond donors (Lipinski definition) is 1. The molecule has 1 aliphatic rings. The highest BCUT2D eigenvalue weighted by atomic mass is 32.2. The van der Waals surface area contributed by atoms with Gasteiger partial charge < -0.3 is 10.2 Å². The fourth-order valence-electron chi connectivity index (χ4n) is 2.68. The van der Waals surface area contributed by atoms with Gasteiger partial charge in [-0.1, -0.05) is 17.7 Å². The van der Waals surface area contributed by atoms with Crippen LogP contribution in [0.3, 0.4) is 0 Å². The van der Waals surface area contributed by atoms with Crippen molar-refractivity contribution in [1.29, 1.82) is 0 Å². The predicted octanol–water partition coefficient (Wildman–Crippen LogP) is 3.10. The van der Waals surface area contributed by atoms with Gasteiger partial charge in [-0.15, -0.1) is 11.8 Å². The normalized spacial score (nSPS) is 17.2. The third-order valence-electron chi connectivity index (χ3n) is 4.05. The van der Waals surface area contributed by atoms with Crippen LogP contribution < -0.4 is 10.2 Å². The molecule has 1 aromatic heterocycles. The lowest BCUT2D eigenvalue weighted by atomic mass is 10.1. The number of benzene rings is 1. The molecule has 1 fully saturated rings. The van der Waals surface area contributed by atoms with Gasteiger partial charge in [-0.25, -0.2) is 4.98 Å². The molecule has 6 heteroatoms. The molecule has 3 rings (SSSR count). The van der Waals surface area contributed by atoms with Gasteiger partial charge in [-0.05, 0) is 37.4 Å². The highest BCUT2D eigenvalue weighted by Gasteiger charge is 2.35. The smallest absolute Gasteiger partial charge is 0.229 e. The average Bonchev–Trinajstić information content (AvgIpc) is 2.98. The number of amides is 2. The minimum atomic E-state index is -0.348. The van der Waals surface area contributed by atoms with E-state index < -0.39 is 0 Å². The van der Waals surface area contributed by atoms with Crippen molar-refractivity contribution in [2.45, 2.75) is 18.4 Å². The van der Waals surface area contributed by atoms with Gasteiger partial charge in [0.15, 0.2) is 0 Å². The topological polar surface area (TPSA) is 62.3 Å². The minimum absolute atomic E-state index is 0.0186. The van der Waals surface area contributed by atoms with Crippen LogP contribution in [0.2, 0.25) is 0 Å². The summed E-state index contributed by atoms with van der Waals surface area (Å²) >= 11 is 1.55. The first-order valence-electron chi connectivity index (χ1n) is 7.75. The van der Waals surface area contributed by atoms with Gasteiger partial charge in [0, 0.05) is 18.7 Å². The van der Waals surface area contributed by atoms with Crippen molar-refractivity contribution in [1.82, 2.24) is 4.98 Å². The first-order valence-corrected chi connectivity index (χ1v) is 8.97. The van der Waals surface area contributed by atoms with Gasteiger partial charge >= 0.3 is 0 Å². The Hall–Kier alpha value is -2.34. The first-order chi connectivity index (χ1) is 11.6. The summed E-state index contributed by atoms with van der Waals surface area (Å²) in [7, 11) is 0. The van der Waals surface area contributed by atoms with Gasteiger partial charge in [-0.3, -0.25) is 9.59 Å². The van der Waals surface area contributed by atoms with Crippen LogP contribution >= 0.6 is 11.8 Å². The Morgan fingerprint density at radius 2 is 2.00 bits per heavy atom. The molecule has 1 aromatic carbocycles. The Morgan fingerprint density at radius 3 is 2.62 bits per heavy atom. The Morgan fingerprint density at radius 1 is 1.25 bits per heavy atom. The van der Waals surface area contributed by atoms with E-state index in [0.717, 1.165) is 16.3 Å². The fourth-order valence-corrected chi connectivity index (χ4v) is 3.04. The van der Waals surface area contributed by atoms with Crippen molar-refractivity contribution in [3.8, 4) is 0 Å². The molecule has 0 bridgehead atoms. The maximum Gasteiger partial charge on any atom is 0.229 e. The molecule has 2 heterocycles. The molecule has 0 aliphatic carbocycles. The lowest BCUT2D eigenvalue weighted by molar-refractivity contribution is -0.122. The van der Waals surface area contributed by atoms with Crippen molar-refractivity contribution in [2.24, 2.45) is 5.92 Å². The van der Waals surface area contributed by atoms with E-state index in [2.05, 4.69) is 10.3 Å². The lowest BCUT2D eigenvalue weighted by Gasteiger charge is -2.17. The van der Waals surface area contributed by atoms with Crippen LogP contribution in [0.25, 0.3) is 0 Å². The molecule has 1 saturated heterocycles. The number of nitrogens with zero attached hydrogens (tertiary/aromatic N) is 2. The molecule has 2 amide bonds. The summed E-state index contributed by atoms with van der Waals surface area (Å²) in [5.41, 5.74) is 2.63. The molecular formula is C18H19N3O2S. The Kier molecular flexibility index (Phi) is 4.85. The molecule has 0 saturated carbocycles. The Bertz CT molecular complexity index is 744. The average molecular weight is 341 g/mol. The number of aromatic nitrogens is 1. The summed E-state index contributed by atoms with van der Waals surface area (Å²) in [6.45, 7) is 2.41. The molecular weight excluding hydrogens is 322 g/mol. The SMILES string of the molecule is CSc1ccc(NC(=O)C2CC(=O)N(c3ccc(C)cc3)C2)cn1. The van der Waals surface area contributed by atoms with E-state index in [-0.39, 0.29) is 24.2 Å². The van der Waals surface area contributed by atoms with E-state index in [1.165, 1.54) is 0 Å². The number of pyridine rings is 1. The lowest BCUT2D eigenvalue weighted by Crippen LogP contribution is -2.28. The molecule has 0 spiro atoms. The monoisotopic (exact) mass is 341 g/mol. The zero-order valence-corrected chi connectivity index (χ0v) is 14.5. The summed E-state index contributed by atoms with van der Waals surface area (Å²) in [5.74, 6) is -0.509. The van der Waals surface area contributed by atoms with E-state index in [0.29, 0.717) is 12.2 Å². The number of hydrogen-bond acceptors (Lipinski definition) is 4.